The van der Waals surface area contributed by atoms with Crippen LogP contribution in [0.1, 0.15) is 311 Å². The number of phosphoric ester groups is 2. The molecular weight excluding hydrogens is 1090 g/mol. The second-order valence-electron chi connectivity index (χ2n) is 23.5. The van der Waals surface area contributed by atoms with Crippen molar-refractivity contribution in [3.63, 3.8) is 0 Å². The molecule has 19 heteroatoms. The SMILES string of the molecule is CCCCCCCCCC(=O)O[C@H](COC(=O)CCCCCCC)COP(=O)(O)OC[C@H](O)COP(=O)(O)OC[C@@H](COC(=O)CCCCCCCCCCCC(C)C)OC(=O)CCCCCCCCCCCCCCCCC(C)CC. The van der Waals surface area contributed by atoms with Crippen molar-refractivity contribution in [2.24, 2.45) is 11.8 Å². The summed E-state index contributed by atoms with van der Waals surface area (Å²) in [6.45, 7) is 9.39. The molecule has 0 aromatic heterocycles. The fourth-order valence-electron chi connectivity index (χ4n) is 9.32. The molecule has 0 saturated heterocycles. The van der Waals surface area contributed by atoms with Crippen LogP contribution in [0.15, 0.2) is 0 Å². The highest BCUT2D eigenvalue weighted by atomic mass is 31.2. The van der Waals surface area contributed by atoms with E-state index in [0.29, 0.717) is 25.7 Å². The van der Waals surface area contributed by atoms with Crippen molar-refractivity contribution in [3.8, 4) is 0 Å². The molecule has 0 aromatic rings. The Bertz CT molecular complexity index is 1620. The van der Waals surface area contributed by atoms with Crippen LogP contribution >= 0.6 is 15.6 Å². The molecule has 486 valence electrons. The third kappa shape index (κ3) is 55.9. The lowest BCUT2D eigenvalue weighted by Gasteiger charge is -2.21. The van der Waals surface area contributed by atoms with Crippen LogP contribution in [0.5, 0.6) is 0 Å². The van der Waals surface area contributed by atoms with Gasteiger partial charge in [-0.15, -0.1) is 0 Å². The maximum Gasteiger partial charge on any atom is 0.472 e. The first-order valence-corrected chi connectivity index (χ1v) is 36.0. The predicted octanol–water partition coefficient (Wildman–Crippen LogP) is 17.3. The number of phosphoric acid groups is 2. The van der Waals surface area contributed by atoms with E-state index in [0.717, 1.165) is 121 Å². The third-order valence-corrected chi connectivity index (χ3v) is 16.7. The average molecular weight is 1210 g/mol. The smallest absolute Gasteiger partial charge is 0.462 e. The van der Waals surface area contributed by atoms with Gasteiger partial charge in [-0.1, -0.05) is 260 Å². The van der Waals surface area contributed by atoms with E-state index < -0.39 is 97.5 Å². The summed E-state index contributed by atoms with van der Waals surface area (Å²) >= 11 is 0. The lowest BCUT2D eigenvalue weighted by atomic mass is 9.99. The summed E-state index contributed by atoms with van der Waals surface area (Å²) in [5.74, 6) is -0.561. The van der Waals surface area contributed by atoms with Gasteiger partial charge in [0.05, 0.1) is 26.4 Å². The summed E-state index contributed by atoms with van der Waals surface area (Å²) in [4.78, 5) is 71.8. The minimum Gasteiger partial charge on any atom is -0.462 e. The number of unbranched alkanes of at least 4 members (excludes halogenated alkanes) is 31. The zero-order valence-corrected chi connectivity index (χ0v) is 54.6. The van der Waals surface area contributed by atoms with Crippen LogP contribution < -0.4 is 0 Å². The lowest BCUT2D eigenvalue weighted by molar-refractivity contribution is -0.161. The van der Waals surface area contributed by atoms with Gasteiger partial charge in [-0.05, 0) is 37.5 Å². The van der Waals surface area contributed by atoms with Gasteiger partial charge in [0.2, 0.25) is 0 Å². The predicted molar refractivity (Wildman–Crippen MR) is 326 cm³/mol. The van der Waals surface area contributed by atoms with E-state index in [1.54, 1.807) is 0 Å². The average Bonchev–Trinajstić information content (AvgIpc) is 3.44. The van der Waals surface area contributed by atoms with E-state index in [1.807, 2.05) is 0 Å². The first-order chi connectivity index (χ1) is 39.4. The normalized spacial score (nSPS) is 14.7. The molecule has 0 amide bonds. The molecule has 0 fully saturated rings. The molecular formula is C63H122O17P2. The van der Waals surface area contributed by atoms with Gasteiger partial charge in [0.15, 0.2) is 12.2 Å². The standard InChI is InChI=1S/C63H122O17P2/c1-7-10-12-14-26-35-41-47-62(67)79-58(51-73-60(65)45-39-31-13-11-8-2)53-77-81(69,70)75-49-57(64)50-76-82(71,72)78-54-59(52-74-61(66)46-40-34-29-25-21-22-27-32-37-43-55(4)5)80-63(68)48-42-36-30-24-20-18-16-15-17-19-23-28-33-38-44-56(6)9-3/h55-59,64H,7-54H2,1-6H3,(H,69,70)(H,71,72)/t56?,57-,58+,59+/m0/s1. The van der Waals surface area contributed by atoms with Gasteiger partial charge in [0, 0.05) is 25.7 Å². The van der Waals surface area contributed by atoms with Gasteiger partial charge in [0.1, 0.15) is 19.3 Å². The molecule has 6 atom stereocenters. The maximum absolute atomic E-state index is 13.0. The molecule has 0 aliphatic heterocycles. The van der Waals surface area contributed by atoms with Crippen LogP contribution in [0, 0.1) is 11.8 Å². The summed E-state index contributed by atoms with van der Waals surface area (Å²) < 4.78 is 67.6. The number of aliphatic hydroxyl groups is 1. The summed E-state index contributed by atoms with van der Waals surface area (Å²) in [5.41, 5.74) is 0. The molecule has 0 aromatic carbocycles. The molecule has 0 aliphatic carbocycles. The number of carbonyl (C=O) groups is 4. The number of esters is 4. The maximum atomic E-state index is 13.0. The Morgan fingerprint density at radius 1 is 0.354 bits per heavy atom. The summed E-state index contributed by atoms with van der Waals surface area (Å²) in [6, 6.07) is 0. The largest absolute Gasteiger partial charge is 0.472 e. The molecule has 0 rings (SSSR count). The summed E-state index contributed by atoms with van der Waals surface area (Å²) in [6.07, 6.45) is 38.1. The number of aliphatic hydroxyl groups excluding tert-OH is 1. The zero-order valence-electron chi connectivity index (χ0n) is 52.8. The Balaban J connectivity index is 5.13. The van der Waals surface area contributed by atoms with Crippen LogP contribution in [0.25, 0.3) is 0 Å². The van der Waals surface area contributed by atoms with Crippen LogP contribution in [0.3, 0.4) is 0 Å². The van der Waals surface area contributed by atoms with E-state index in [-0.39, 0.29) is 25.7 Å². The molecule has 0 heterocycles. The van der Waals surface area contributed by atoms with Gasteiger partial charge in [0.25, 0.3) is 0 Å². The van der Waals surface area contributed by atoms with Crippen LogP contribution in [0.2, 0.25) is 0 Å². The Morgan fingerprint density at radius 3 is 0.927 bits per heavy atom. The molecule has 0 saturated carbocycles. The van der Waals surface area contributed by atoms with Gasteiger partial charge in [-0.25, -0.2) is 9.13 Å². The quantitative estimate of drug-likeness (QED) is 0.0222. The monoisotopic (exact) mass is 1210 g/mol. The highest BCUT2D eigenvalue weighted by Crippen LogP contribution is 2.45. The summed E-state index contributed by atoms with van der Waals surface area (Å²) in [7, 11) is -9.87. The number of rotatable bonds is 62. The van der Waals surface area contributed by atoms with Gasteiger partial charge in [-0.2, -0.15) is 0 Å². The molecule has 0 radical (unpaired) electrons. The van der Waals surface area contributed by atoms with E-state index in [2.05, 4.69) is 41.5 Å². The Labute approximate surface area is 498 Å². The van der Waals surface area contributed by atoms with Crippen LogP contribution in [-0.4, -0.2) is 96.7 Å². The molecule has 0 bridgehead atoms. The minimum absolute atomic E-state index is 0.103. The van der Waals surface area contributed by atoms with Gasteiger partial charge in [-0.3, -0.25) is 37.3 Å². The van der Waals surface area contributed by atoms with E-state index in [4.69, 9.17) is 37.0 Å². The highest BCUT2D eigenvalue weighted by Gasteiger charge is 2.30. The van der Waals surface area contributed by atoms with Crippen LogP contribution in [0.4, 0.5) is 0 Å². The van der Waals surface area contributed by atoms with Crippen molar-refractivity contribution in [1.82, 2.24) is 0 Å². The van der Waals surface area contributed by atoms with E-state index in [9.17, 15) is 43.2 Å². The lowest BCUT2D eigenvalue weighted by Crippen LogP contribution is -2.30. The molecule has 0 aliphatic rings. The number of hydrogen-bond donors (Lipinski definition) is 3. The Hall–Kier alpha value is -1.94. The first kappa shape index (κ1) is 80.1. The van der Waals surface area contributed by atoms with Crippen molar-refractivity contribution < 1.29 is 80.2 Å². The molecule has 82 heavy (non-hydrogen) atoms. The van der Waals surface area contributed by atoms with Crippen LogP contribution in [-0.2, 0) is 65.4 Å². The highest BCUT2D eigenvalue weighted by molar-refractivity contribution is 7.47. The van der Waals surface area contributed by atoms with Crippen molar-refractivity contribution in [2.75, 3.05) is 39.6 Å². The number of hydrogen-bond acceptors (Lipinski definition) is 15. The van der Waals surface area contributed by atoms with E-state index in [1.165, 1.54) is 109 Å². The number of carbonyl (C=O) groups excluding carboxylic acids is 4. The van der Waals surface area contributed by atoms with Crippen molar-refractivity contribution in [3.05, 3.63) is 0 Å². The fourth-order valence-corrected chi connectivity index (χ4v) is 10.9. The molecule has 3 N–H and O–H groups in total. The first-order valence-electron chi connectivity index (χ1n) is 33.0. The summed E-state index contributed by atoms with van der Waals surface area (Å²) in [5, 5.41) is 10.5. The molecule has 0 spiro atoms. The third-order valence-electron chi connectivity index (χ3n) is 14.8. The molecule has 3 unspecified atom stereocenters. The second kappa shape index (κ2) is 55.6. The topological polar surface area (TPSA) is 237 Å². The van der Waals surface area contributed by atoms with Crippen molar-refractivity contribution in [1.29, 1.82) is 0 Å². The number of ether oxygens (including phenoxy) is 4. The van der Waals surface area contributed by atoms with Gasteiger partial charge < -0.3 is 33.8 Å². The zero-order chi connectivity index (χ0) is 60.8. The van der Waals surface area contributed by atoms with E-state index >= 15 is 0 Å². The Morgan fingerprint density at radius 2 is 0.622 bits per heavy atom. The second-order valence-corrected chi connectivity index (χ2v) is 26.4. The van der Waals surface area contributed by atoms with Crippen molar-refractivity contribution in [2.45, 2.75) is 330 Å². The molecule has 17 nitrogen and oxygen atoms in total. The fraction of sp³-hybridized carbons (Fsp3) is 0.937. The minimum atomic E-state index is -4.94. The van der Waals surface area contributed by atoms with Gasteiger partial charge >= 0.3 is 39.5 Å². The van der Waals surface area contributed by atoms with Crippen molar-refractivity contribution >= 4 is 39.5 Å². The Kier molecular flexibility index (Phi) is 54.3.